The van der Waals surface area contributed by atoms with E-state index >= 15 is 0 Å². The molecule has 0 aliphatic carbocycles. The number of carbonyl (C=O) groups is 2. The van der Waals surface area contributed by atoms with E-state index in [4.69, 9.17) is 0 Å². The zero-order valence-electron chi connectivity index (χ0n) is 16.6. The molecule has 2 aromatic rings. The highest BCUT2D eigenvalue weighted by atomic mass is 16.2. The molecule has 152 valence electrons. The van der Waals surface area contributed by atoms with Crippen LogP contribution in [0.25, 0.3) is 0 Å². The SMILES string of the molecule is CC1c2[nH]nc(NC(=O)c3ccccc3)c2CN1C(=O)N1CCN2CCCC2C1. The number of hydrogen-bond acceptors (Lipinski definition) is 4. The van der Waals surface area contributed by atoms with E-state index in [1.807, 2.05) is 34.9 Å². The lowest BCUT2D eigenvalue weighted by Crippen LogP contribution is -2.54. The molecule has 1 aromatic heterocycles. The standard InChI is InChI=1S/C21H26N6O2/c1-14-18-17(19(24-23-18)22-20(28)15-6-3-2-4-7-15)13-27(14)21(29)26-11-10-25-9-5-8-16(25)12-26/h2-4,6-7,14,16H,5,8-13H2,1H3,(H2,22,23,24,28). The third-order valence-corrected chi connectivity index (χ3v) is 6.48. The molecule has 8 nitrogen and oxygen atoms in total. The molecule has 4 heterocycles. The van der Waals surface area contributed by atoms with Crippen LogP contribution in [-0.2, 0) is 6.54 Å². The molecule has 3 aliphatic rings. The van der Waals surface area contributed by atoms with Gasteiger partial charge in [0.2, 0.25) is 0 Å². The number of amides is 3. The van der Waals surface area contributed by atoms with E-state index in [1.54, 1.807) is 12.1 Å². The van der Waals surface area contributed by atoms with E-state index in [0.717, 1.165) is 37.4 Å². The van der Waals surface area contributed by atoms with Gasteiger partial charge >= 0.3 is 6.03 Å². The highest BCUT2D eigenvalue weighted by Crippen LogP contribution is 2.37. The van der Waals surface area contributed by atoms with Crippen LogP contribution >= 0.6 is 0 Å². The van der Waals surface area contributed by atoms with Crippen molar-refractivity contribution < 1.29 is 9.59 Å². The molecule has 8 heteroatoms. The Bertz CT molecular complexity index is 927. The Balaban J connectivity index is 1.29. The van der Waals surface area contributed by atoms with Crippen molar-refractivity contribution in [2.45, 2.75) is 38.4 Å². The number of carbonyl (C=O) groups excluding carboxylic acids is 2. The number of nitrogens with zero attached hydrogens (tertiary/aromatic N) is 4. The van der Waals surface area contributed by atoms with Gasteiger partial charge in [-0.25, -0.2) is 4.79 Å². The number of anilines is 1. The van der Waals surface area contributed by atoms with Crippen molar-refractivity contribution in [3.8, 4) is 0 Å². The zero-order valence-corrected chi connectivity index (χ0v) is 16.6. The summed E-state index contributed by atoms with van der Waals surface area (Å²) in [5.74, 6) is 0.311. The lowest BCUT2D eigenvalue weighted by molar-refractivity contribution is 0.0888. The summed E-state index contributed by atoms with van der Waals surface area (Å²) in [7, 11) is 0. The molecule has 0 spiro atoms. The first-order valence-corrected chi connectivity index (χ1v) is 10.3. The van der Waals surface area contributed by atoms with Gasteiger partial charge in [-0.15, -0.1) is 0 Å². The summed E-state index contributed by atoms with van der Waals surface area (Å²) in [4.78, 5) is 32.1. The number of nitrogens with one attached hydrogen (secondary N) is 2. The normalized spacial score (nSPS) is 23.8. The van der Waals surface area contributed by atoms with Crippen LogP contribution in [0.1, 0.15) is 47.4 Å². The molecular formula is C21H26N6O2. The molecule has 3 amide bonds. The van der Waals surface area contributed by atoms with Gasteiger partial charge in [0.25, 0.3) is 5.91 Å². The highest BCUT2D eigenvalue weighted by molar-refractivity contribution is 6.04. The van der Waals surface area contributed by atoms with E-state index in [0.29, 0.717) is 24.0 Å². The Morgan fingerprint density at radius 2 is 2.00 bits per heavy atom. The molecule has 2 fully saturated rings. The summed E-state index contributed by atoms with van der Waals surface area (Å²) >= 11 is 0. The van der Waals surface area contributed by atoms with Crippen LogP contribution < -0.4 is 5.32 Å². The average Bonchev–Trinajstić information content (AvgIpc) is 3.45. The maximum absolute atomic E-state index is 13.2. The van der Waals surface area contributed by atoms with Gasteiger partial charge < -0.3 is 15.1 Å². The number of aromatic nitrogens is 2. The molecule has 0 radical (unpaired) electrons. The molecule has 0 bridgehead atoms. The van der Waals surface area contributed by atoms with Crippen molar-refractivity contribution in [1.82, 2.24) is 24.9 Å². The van der Waals surface area contributed by atoms with Crippen LogP contribution in [0.2, 0.25) is 0 Å². The van der Waals surface area contributed by atoms with Gasteiger partial charge in [0, 0.05) is 36.8 Å². The Labute approximate surface area is 169 Å². The van der Waals surface area contributed by atoms with E-state index in [9.17, 15) is 9.59 Å². The van der Waals surface area contributed by atoms with Crippen LogP contribution in [0.15, 0.2) is 30.3 Å². The van der Waals surface area contributed by atoms with Crippen LogP contribution in [0, 0.1) is 0 Å². The first-order chi connectivity index (χ1) is 14.1. The zero-order chi connectivity index (χ0) is 20.0. The van der Waals surface area contributed by atoms with Crippen molar-refractivity contribution in [3.05, 3.63) is 47.2 Å². The lowest BCUT2D eigenvalue weighted by atomic mass is 10.1. The second kappa shape index (κ2) is 7.18. The van der Waals surface area contributed by atoms with Crippen molar-refractivity contribution in [1.29, 1.82) is 0 Å². The van der Waals surface area contributed by atoms with Crippen molar-refractivity contribution in [3.63, 3.8) is 0 Å². The summed E-state index contributed by atoms with van der Waals surface area (Å²) in [6.07, 6.45) is 2.41. The second-order valence-electron chi connectivity index (χ2n) is 8.15. The predicted octanol–water partition coefficient (Wildman–Crippen LogP) is 2.44. The molecular weight excluding hydrogens is 368 g/mol. The third kappa shape index (κ3) is 3.17. The van der Waals surface area contributed by atoms with Gasteiger partial charge in [-0.05, 0) is 38.4 Å². The number of piperazine rings is 1. The summed E-state index contributed by atoms with van der Waals surface area (Å²) in [6, 6.07) is 9.56. The number of rotatable bonds is 2. The maximum Gasteiger partial charge on any atom is 0.320 e. The molecule has 2 N–H and O–H groups in total. The minimum absolute atomic E-state index is 0.0778. The molecule has 3 aliphatic heterocycles. The summed E-state index contributed by atoms with van der Waals surface area (Å²) < 4.78 is 0. The Morgan fingerprint density at radius 1 is 1.17 bits per heavy atom. The summed E-state index contributed by atoms with van der Waals surface area (Å²) in [6.45, 7) is 6.18. The third-order valence-electron chi connectivity index (χ3n) is 6.48. The fraction of sp³-hybridized carbons (Fsp3) is 0.476. The molecule has 2 atom stereocenters. The number of aromatic amines is 1. The average molecular weight is 394 g/mol. The molecule has 29 heavy (non-hydrogen) atoms. The Kier molecular flexibility index (Phi) is 4.50. The summed E-state index contributed by atoms with van der Waals surface area (Å²) in [5.41, 5.74) is 2.38. The number of urea groups is 1. The van der Waals surface area contributed by atoms with E-state index in [1.165, 1.54) is 12.8 Å². The van der Waals surface area contributed by atoms with Crippen molar-refractivity contribution in [2.75, 3.05) is 31.5 Å². The van der Waals surface area contributed by atoms with Crippen LogP contribution in [0.3, 0.4) is 0 Å². The number of fused-ring (bicyclic) bond motifs is 2. The fourth-order valence-corrected chi connectivity index (χ4v) is 4.80. The summed E-state index contributed by atoms with van der Waals surface area (Å²) in [5, 5.41) is 10.2. The number of H-pyrrole nitrogens is 1. The maximum atomic E-state index is 13.2. The van der Waals surface area contributed by atoms with Gasteiger partial charge in [-0.1, -0.05) is 18.2 Å². The smallest absolute Gasteiger partial charge is 0.320 e. The van der Waals surface area contributed by atoms with E-state index in [-0.39, 0.29) is 18.0 Å². The van der Waals surface area contributed by atoms with Crippen molar-refractivity contribution in [2.24, 2.45) is 0 Å². The minimum atomic E-state index is -0.199. The predicted molar refractivity (Wildman–Crippen MR) is 109 cm³/mol. The molecule has 2 saturated heterocycles. The quantitative estimate of drug-likeness (QED) is 0.819. The second-order valence-corrected chi connectivity index (χ2v) is 8.15. The van der Waals surface area contributed by atoms with Gasteiger partial charge in [0.1, 0.15) is 0 Å². The molecule has 2 unspecified atom stereocenters. The van der Waals surface area contributed by atoms with E-state index < -0.39 is 0 Å². The molecule has 1 aromatic carbocycles. The van der Waals surface area contributed by atoms with Gasteiger partial charge in [-0.2, -0.15) is 5.10 Å². The Morgan fingerprint density at radius 3 is 2.83 bits per heavy atom. The minimum Gasteiger partial charge on any atom is -0.322 e. The monoisotopic (exact) mass is 394 g/mol. The van der Waals surface area contributed by atoms with Gasteiger partial charge in [-0.3, -0.25) is 14.8 Å². The topological polar surface area (TPSA) is 84.6 Å². The highest BCUT2D eigenvalue weighted by Gasteiger charge is 2.39. The first kappa shape index (κ1) is 18.2. The molecule has 0 saturated carbocycles. The first-order valence-electron chi connectivity index (χ1n) is 10.3. The lowest BCUT2D eigenvalue weighted by Gasteiger charge is -2.39. The van der Waals surface area contributed by atoms with Crippen LogP contribution in [-0.4, -0.2) is 69.1 Å². The van der Waals surface area contributed by atoms with E-state index in [2.05, 4.69) is 20.4 Å². The van der Waals surface area contributed by atoms with Crippen LogP contribution in [0.5, 0.6) is 0 Å². The Hall–Kier alpha value is -2.87. The largest absolute Gasteiger partial charge is 0.322 e. The van der Waals surface area contributed by atoms with Gasteiger partial charge in [0.15, 0.2) is 5.82 Å². The van der Waals surface area contributed by atoms with Crippen molar-refractivity contribution >= 4 is 17.8 Å². The molecule has 5 rings (SSSR count). The number of hydrogen-bond donors (Lipinski definition) is 2. The number of benzene rings is 1. The fourth-order valence-electron chi connectivity index (χ4n) is 4.80. The van der Waals surface area contributed by atoms with Gasteiger partial charge in [0.05, 0.1) is 18.3 Å². The van der Waals surface area contributed by atoms with Crippen LogP contribution in [0.4, 0.5) is 10.6 Å².